The van der Waals surface area contributed by atoms with E-state index in [4.69, 9.17) is 4.74 Å². The smallest absolute Gasteiger partial charge is 0.312 e. The van der Waals surface area contributed by atoms with Crippen LogP contribution < -0.4 is 0 Å². The Bertz CT molecular complexity index is 376. The van der Waals surface area contributed by atoms with Gasteiger partial charge in [0.25, 0.3) is 0 Å². The molecule has 1 aliphatic heterocycles. The maximum Gasteiger partial charge on any atom is 0.312 e. The highest BCUT2D eigenvalue weighted by atomic mass is 16.6. The van der Waals surface area contributed by atoms with Crippen molar-refractivity contribution in [3.63, 3.8) is 0 Å². The Morgan fingerprint density at radius 2 is 2.06 bits per heavy atom. The first-order valence-corrected chi connectivity index (χ1v) is 6.73. The van der Waals surface area contributed by atoms with Crippen LogP contribution in [0.25, 0.3) is 0 Å². The molecule has 3 fully saturated rings. The average Bonchev–Trinajstić information content (AvgIpc) is 2.48. The molecule has 17 heavy (non-hydrogen) atoms. The highest BCUT2D eigenvalue weighted by Crippen LogP contribution is 2.55. The Kier molecular flexibility index (Phi) is 2.36. The molecule has 2 aliphatic carbocycles. The zero-order valence-corrected chi connectivity index (χ0v) is 10.6. The summed E-state index contributed by atoms with van der Waals surface area (Å²) in [5.41, 5.74) is -0.277. The van der Waals surface area contributed by atoms with Crippen molar-refractivity contribution in [2.45, 2.75) is 52.1 Å². The van der Waals surface area contributed by atoms with Crippen LogP contribution in [0.5, 0.6) is 0 Å². The first kappa shape index (κ1) is 11.2. The molecule has 3 rings (SSSR count). The molecule has 0 radical (unpaired) electrons. The number of hydrogen-bond acceptors (Lipinski definition) is 3. The molecule has 2 unspecified atom stereocenters. The lowest BCUT2D eigenvalue weighted by atomic mass is 9.57. The number of fused-ring (bicyclic) bond motifs is 2. The van der Waals surface area contributed by atoms with Gasteiger partial charge in [-0.25, -0.2) is 0 Å². The predicted molar refractivity (Wildman–Crippen MR) is 62.2 cm³/mol. The minimum Gasteiger partial charge on any atom is -0.462 e. The first-order valence-electron chi connectivity index (χ1n) is 6.73. The van der Waals surface area contributed by atoms with Gasteiger partial charge >= 0.3 is 5.97 Å². The number of Topliss-reactive ketones (excluding diaryl/α,β-unsaturated/α-hetero) is 1. The van der Waals surface area contributed by atoms with Crippen molar-refractivity contribution in [3.05, 3.63) is 0 Å². The average molecular weight is 236 g/mol. The summed E-state index contributed by atoms with van der Waals surface area (Å²) in [5.74, 6) is 1.79. The molecule has 0 aromatic carbocycles. The molecule has 1 saturated heterocycles. The zero-order chi connectivity index (χ0) is 12.2. The fraction of sp³-hybridized carbons (Fsp3) is 0.857. The van der Waals surface area contributed by atoms with Gasteiger partial charge in [0, 0.05) is 18.8 Å². The molecule has 0 spiro atoms. The molecule has 0 amide bonds. The minimum absolute atomic E-state index is 0.00894. The highest BCUT2D eigenvalue weighted by molar-refractivity contribution is 5.81. The summed E-state index contributed by atoms with van der Waals surface area (Å²) >= 11 is 0. The SMILES string of the molecule is C[C@H]1OC(=O)C2(C)CC3CCC(=O)C[C@H]3C[C@H]12. The number of ether oxygens (including phenoxy) is 1. The van der Waals surface area contributed by atoms with Crippen LogP contribution >= 0.6 is 0 Å². The number of esters is 1. The van der Waals surface area contributed by atoms with Crippen molar-refractivity contribution in [1.29, 1.82) is 0 Å². The van der Waals surface area contributed by atoms with E-state index in [9.17, 15) is 9.59 Å². The molecule has 3 heteroatoms. The van der Waals surface area contributed by atoms with E-state index < -0.39 is 0 Å². The zero-order valence-electron chi connectivity index (χ0n) is 10.6. The summed E-state index contributed by atoms with van der Waals surface area (Å²) in [6.07, 6.45) is 4.39. The molecule has 0 bridgehead atoms. The van der Waals surface area contributed by atoms with Crippen LogP contribution in [-0.4, -0.2) is 17.9 Å². The van der Waals surface area contributed by atoms with Gasteiger partial charge in [0.05, 0.1) is 5.41 Å². The highest BCUT2D eigenvalue weighted by Gasteiger charge is 2.57. The number of carbonyl (C=O) groups is 2. The van der Waals surface area contributed by atoms with E-state index in [0.717, 1.165) is 25.7 Å². The van der Waals surface area contributed by atoms with E-state index in [1.165, 1.54) is 0 Å². The lowest BCUT2D eigenvalue weighted by Gasteiger charge is -2.44. The Morgan fingerprint density at radius 1 is 1.29 bits per heavy atom. The molecule has 94 valence electrons. The summed E-state index contributed by atoms with van der Waals surface area (Å²) in [6, 6.07) is 0. The van der Waals surface area contributed by atoms with Crippen LogP contribution in [0.3, 0.4) is 0 Å². The monoisotopic (exact) mass is 236 g/mol. The van der Waals surface area contributed by atoms with E-state index >= 15 is 0 Å². The molecule has 5 atom stereocenters. The maximum absolute atomic E-state index is 12.0. The second-order valence-electron chi connectivity index (χ2n) is 6.38. The summed E-state index contributed by atoms with van der Waals surface area (Å²) in [4.78, 5) is 23.5. The molecular formula is C14H20O3. The fourth-order valence-electron chi connectivity index (χ4n) is 4.30. The van der Waals surface area contributed by atoms with Crippen molar-refractivity contribution in [1.82, 2.24) is 0 Å². The van der Waals surface area contributed by atoms with E-state index in [1.807, 2.05) is 6.92 Å². The molecule has 0 N–H and O–H groups in total. The predicted octanol–water partition coefficient (Wildman–Crippen LogP) is 2.33. The van der Waals surface area contributed by atoms with Gasteiger partial charge in [0.2, 0.25) is 0 Å². The molecule has 3 aliphatic rings. The third-order valence-corrected chi connectivity index (χ3v) is 5.34. The van der Waals surface area contributed by atoms with Crippen molar-refractivity contribution in [2.24, 2.45) is 23.2 Å². The third-order valence-electron chi connectivity index (χ3n) is 5.34. The molecular weight excluding hydrogens is 216 g/mol. The Labute approximate surface area is 102 Å². The quantitative estimate of drug-likeness (QED) is 0.606. The Morgan fingerprint density at radius 3 is 2.82 bits per heavy atom. The van der Waals surface area contributed by atoms with Crippen molar-refractivity contribution in [2.75, 3.05) is 0 Å². The van der Waals surface area contributed by atoms with Crippen molar-refractivity contribution >= 4 is 11.8 Å². The van der Waals surface area contributed by atoms with Gasteiger partial charge in [-0.15, -0.1) is 0 Å². The normalized spacial score (nSPS) is 49.5. The first-order chi connectivity index (χ1) is 8.00. The van der Waals surface area contributed by atoms with Gasteiger partial charge in [-0.2, -0.15) is 0 Å². The lowest BCUT2D eigenvalue weighted by molar-refractivity contribution is -0.149. The topological polar surface area (TPSA) is 43.4 Å². The van der Waals surface area contributed by atoms with Crippen LogP contribution in [0, 0.1) is 23.2 Å². The minimum atomic E-state index is -0.277. The van der Waals surface area contributed by atoms with Gasteiger partial charge in [0.1, 0.15) is 11.9 Å². The standard InChI is InChI=1S/C14H20O3/c1-8-12-6-10-5-11(15)4-3-9(10)7-14(12,2)13(16)17-8/h8-10,12H,3-7H2,1-2H3/t8-,9?,10+,12-,14?/m1/s1. The van der Waals surface area contributed by atoms with Gasteiger partial charge in [-0.05, 0) is 44.9 Å². The van der Waals surface area contributed by atoms with Gasteiger partial charge < -0.3 is 4.74 Å². The Hall–Kier alpha value is -0.860. The maximum atomic E-state index is 12.0. The van der Waals surface area contributed by atoms with Crippen molar-refractivity contribution < 1.29 is 14.3 Å². The molecule has 0 aromatic rings. The van der Waals surface area contributed by atoms with Crippen LogP contribution in [0.1, 0.15) is 46.0 Å². The van der Waals surface area contributed by atoms with E-state index in [2.05, 4.69) is 6.92 Å². The third kappa shape index (κ3) is 1.54. The summed E-state index contributed by atoms with van der Waals surface area (Å²) in [7, 11) is 0. The van der Waals surface area contributed by atoms with Crippen LogP contribution in [-0.2, 0) is 14.3 Å². The van der Waals surface area contributed by atoms with E-state index in [-0.39, 0.29) is 17.5 Å². The molecule has 1 heterocycles. The number of ketones is 1. The lowest BCUT2D eigenvalue weighted by Crippen LogP contribution is -2.44. The number of carbonyl (C=O) groups excluding carboxylic acids is 2. The second kappa shape index (κ2) is 3.56. The van der Waals surface area contributed by atoms with E-state index in [0.29, 0.717) is 30.0 Å². The fourth-order valence-corrected chi connectivity index (χ4v) is 4.30. The summed E-state index contributed by atoms with van der Waals surface area (Å²) < 4.78 is 5.42. The largest absolute Gasteiger partial charge is 0.462 e. The molecule has 0 aromatic heterocycles. The second-order valence-corrected chi connectivity index (χ2v) is 6.38. The number of rotatable bonds is 0. The summed E-state index contributed by atoms with van der Waals surface area (Å²) in [6.45, 7) is 4.06. The van der Waals surface area contributed by atoms with Gasteiger partial charge in [-0.1, -0.05) is 0 Å². The van der Waals surface area contributed by atoms with Crippen LogP contribution in [0.4, 0.5) is 0 Å². The molecule has 3 nitrogen and oxygen atoms in total. The van der Waals surface area contributed by atoms with Crippen molar-refractivity contribution in [3.8, 4) is 0 Å². The van der Waals surface area contributed by atoms with Crippen LogP contribution in [0.15, 0.2) is 0 Å². The summed E-state index contributed by atoms with van der Waals surface area (Å²) in [5, 5.41) is 0. The Balaban J connectivity index is 1.86. The van der Waals surface area contributed by atoms with Gasteiger partial charge in [0.15, 0.2) is 0 Å². The number of hydrogen-bond donors (Lipinski definition) is 0. The number of cyclic esters (lactones) is 1. The van der Waals surface area contributed by atoms with Gasteiger partial charge in [-0.3, -0.25) is 9.59 Å². The van der Waals surface area contributed by atoms with Crippen LogP contribution in [0.2, 0.25) is 0 Å². The molecule has 2 saturated carbocycles. The van der Waals surface area contributed by atoms with E-state index in [1.54, 1.807) is 0 Å².